The van der Waals surface area contributed by atoms with E-state index in [1.54, 1.807) is 18.2 Å². The molecule has 2 rings (SSSR count). The van der Waals surface area contributed by atoms with Crippen molar-refractivity contribution in [1.29, 1.82) is 0 Å². The van der Waals surface area contributed by atoms with Crippen LogP contribution in [0.15, 0.2) is 40.9 Å². The van der Waals surface area contributed by atoms with Crippen LogP contribution >= 0.6 is 39.1 Å². The highest BCUT2D eigenvalue weighted by Gasteiger charge is 2.10. The molecule has 0 spiro atoms. The average Bonchev–Trinajstić information content (AvgIpc) is 2.39. The minimum absolute atomic E-state index is 0.104. The molecular formula is C15H14BrCl2NO. The van der Waals surface area contributed by atoms with Crippen molar-refractivity contribution in [1.82, 2.24) is 0 Å². The first-order valence-electron chi connectivity index (χ1n) is 6.09. The number of benzene rings is 2. The Morgan fingerprint density at radius 3 is 2.65 bits per heavy atom. The van der Waals surface area contributed by atoms with Gasteiger partial charge >= 0.3 is 0 Å². The zero-order chi connectivity index (χ0) is 14.7. The molecule has 5 heteroatoms. The first-order valence-corrected chi connectivity index (χ1v) is 7.64. The van der Waals surface area contributed by atoms with E-state index >= 15 is 0 Å². The molecular weight excluding hydrogens is 361 g/mol. The second-order valence-corrected chi connectivity index (χ2v) is 6.25. The predicted octanol–water partition coefficient (Wildman–Crippen LogP) is 5.35. The fourth-order valence-corrected chi connectivity index (χ4v) is 2.53. The highest BCUT2D eigenvalue weighted by molar-refractivity contribution is 9.10. The van der Waals surface area contributed by atoms with Crippen LogP contribution in [0.25, 0.3) is 0 Å². The molecule has 0 saturated carbocycles. The van der Waals surface area contributed by atoms with Crippen molar-refractivity contribution in [3.05, 3.63) is 62.0 Å². The van der Waals surface area contributed by atoms with Gasteiger partial charge in [0.25, 0.3) is 0 Å². The van der Waals surface area contributed by atoms with Gasteiger partial charge in [0.05, 0.1) is 0 Å². The molecule has 106 valence electrons. The van der Waals surface area contributed by atoms with Gasteiger partial charge in [-0.25, -0.2) is 0 Å². The number of hydrogen-bond donors (Lipinski definition) is 1. The van der Waals surface area contributed by atoms with Crippen LogP contribution in [0.3, 0.4) is 0 Å². The molecule has 0 radical (unpaired) electrons. The fourth-order valence-electron chi connectivity index (χ4n) is 1.82. The summed E-state index contributed by atoms with van der Waals surface area (Å²) in [5.74, 6) is 0.741. The maximum absolute atomic E-state index is 6.12. The molecule has 0 bridgehead atoms. The summed E-state index contributed by atoms with van der Waals surface area (Å²) in [6.45, 7) is 2.26. The second-order valence-electron chi connectivity index (χ2n) is 4.50. The van der Waals surface area contributed by atoms with Gasteiger partial charge in [0.15, 0.2) is 0 Å². The van der Waals surface area contributed by atoms with Crippen LogP contribution in [0.4, 0.5) is 0 Å². The van der Waals surface area contributed by atoms with E-state index in [1.165, 1.54) is 0 Å². The summed E-state index contributed by atoms with van der Waals surface area (Å²) in [6.07, 6.45) is 0. The molecule has 0 heterocycles. The van der Waals surface area contributed by atoms with E-state index in [-0.39, 0.29) is 6.04 Å². The van der Waals surface area contributed by atoms with Gasteiger partial charge in [-0.1, -0.05) is 45.2 Å². The van der Waals surface area contributed by atoms with Crippen molar-refractivity contribution in [2.45, 2.75) is 19.6 Å². The van der Waals surface area contributed by atoms with Crippen molar-refractivity contribution in [3.8, 4) is 5.75 Å². The molecule has 0 aliphatic carbocycles. The van der Waals surface area contributed by atoms with Crippen molar-refractivity contribution in [2.24, 2.45) is 5.73 Å². The summed E-state index contributed by atoms with van der Waals surface area (Å²) >= 11 is 15.5. The highest BCUT2D eigenvalue weighted by atomic mass is 79.9. The molecule has 0 aliphatic rings. The zero-order valence-corrected chi connectivity index (χ0v) is 14.0. The van der Waals surface area contributed by atoms with Crippen LogP contribution in [0.1, 0.15) is 24.1 Å². The van der Waals surface area contributed by atoms with Crippen LogP contribution in [0, 0.1) is 0 Å². The maximum Gasteiger partial charge on any atom is 0.125 e. The molecule has 0 unspecified atom stereocenters. The van der Waals surface area contributed by atoms with Gasteiger partial charge in [-0.2, -0.15) is 0 Å². The average molecular weight is 375 g/mol. The summed E-state index contributed by atoms with van der Waals surface area (Å²) in [4.78, 5) is 0. The normalized spacial score (nSPS) is 12.2. The van der Waals surface area contributed by atoms with E-state index in [0.29, 0.717) is 16.7 Å². The molecule has 0 aromatic heterocycles. The Kier molecular flexibility index (Phi) is 5.33. The lowest BCUT2D eigenvalue weighted by Gasteiger charge is -2.15. The highest BCUT2D eigenvalue weighted by Crippen LogP contribution is 2.29. The number of rotatable bonds is 4. The summed E-state index contributed by atoms with van der Waals surface area (Å²) in [7, 11) is 0. The summed E-state index contributed by atoms with van der Waals surface area (Å²) < 4.78 is 6.79. The Hall–Kier alpha value is -0.740. The third-order valence-electron chi connectivity index (χ3n) is 2.86. The molecule has 2 N–H and O–H groups in total. The smallest absolute Gasteiger partial charge is 0.125 e. The summed E-state index contributed by atoms with van der Waals surface area (Å²) in [6, 6.07) is 11.0. The molecule has 2 aromatic carbocycles. The summed E-state index contributed by atoms with van der Waals surface area (Å²) in [5.41, 5.74) is 7.74. The third-order valence-corrected chi connectivity index (χ3v) is 3.95. The Bertz CT molecular complexity index is 617. The van der Waals surface area contributed by atoms with Crippen molar-refractivity contribution < 1.29 is 4.74 Å². The lowest BCUT2D eigenvalue weighted by molar-refractivity contribution is 0.301. The van der Waals surface area contributed by atoms with Crippen molar-refractivity contribution in [3.63, 3.8) is 0 Å². The molecule has 2 nitrogen and oxygen atoms in total. The van der Waals surface area contributed by atoms with Gasteiger partial charge in [0.2, 0.25) is 0 Å². The first-order chi connectivity index (χ1) is 9.47. The maximum atomic E-state index is 6.12. The molecule has 20 heavy (non-hydrogen) atoms. The van der Waals surface area contributed by atoms with E-state index in [0.717, 1.165) is 21.3 Å². The molecule has 2 aromatic rings. The van der Waals surface area contributed by atoms with Gasteiger partial charge in [0, 0.05) is 31.7 Å². The molecule has 0 saturated heterocycles. The lowest BCUT2D eigenvalue weighted by Crippen LogP contribution is -2.08. The number of nitrogens with two attached hydrogens (primary N) is 1. The zero-order valence-electron chi connectivity index (χ0n) is 10.9. The van der Waals surface area contributed by atoms with E-state index in [4.69, 9.17) is 33.7 Å². The van der Waals surface area contributed by atoms with Gasteiger partial charge in [0.1, 0.15) is 12.4 Å². The Morgan fingerprint density at radius 2 is 1.95 bits per heavy atom. The SMILES string of the molecule is C[C@@H](N)c1ccc(Br)cc1OCc1cc(Cl)ccc1Cl. The van der Waals surface area contributed by atoms with E-state index in [9.17, 15) is 0 Å². The van der Waals surface area contributed by atoms with Gasteiger partial charge in [-0.3, -0.25) is 0 Å². The monoisotopic (exact) mass is 373 g/mol. The standard InChI is InChI=1S/C15H14BrCl2NO/c1-9(19)13-4-2-11(16)7-15(13)20-8-10-6-12(17)3-5-14(10)18/h2-7,9H,8,19H2,1H3/t9-/m1/s1. The summed E-state index contributed by atoms with van der Waals surface area (Å²) in [5, 5.41) is 1.27. The minimum Gasteiger partial charge on any atom is -0.488 e. The van der Waals surface area contributed by atoms with Gasteiger partial charge < -0.3 is 10.5 Å². The van der Waals surface area contributed by atoms with Gasteiger partial charge in [-0.15, -0.1) is 0 Å². The number of hydrogen-bond acceptors (Lipinski definition) is 2. The van der Waals surface area contributed by atoms with Crippen LogP contribution in [-0.2, 0) is 6.61 Å². The quantitative estimate of drug-likeness (QED) is 0.782. The fraction of sp³-hybridized carbons (Fsp3) is 0.200. The van der Waals surface area contributed by atoms with Crippen molar-refractivity contribution >= 4 is 39.1 Å². The predicted molar refractivity (Wildman–Crippen MR) is 87.5 cm³/mol. The van der Waals surface area contributed by atoms with Crippen LogP contribution < -0.4 is 10.5 Å². The molecule has 0 aliphatic heterocycles. The number of ether oxygens (including phenoxy) is 1. The van der Waals surface area contributed by atoms with E-state index < -0.39 is 0 Å². The third kappa shape index (κ3) is 3.89. The molecule has 1 atom stereocenters. The van der Waals surface area contributed by atoms with E-state index in [1.807, 2.05) is 25.1 Å². The Labute approximate surface area is 137 Å². The second kappa shape index (κ2) is 6.81. The van der Waals surface area contributed by atoms with Crippen molar-refractivity contribution in [2.75, 3.05) is 0 Å². The Morgan fingerprint density at radius 1 is 1.20 bits per heavy atom. The molecule has 0 amide bonds. The van der Waals surface area contributed by atoms with Crippen LogP contribution in [-0.4, -0.2) is 0 Å². The molecule has 0 fully saturated rings. The minimum atomic E-state index is -0.104. The lowest BCUT2D eigenvalue weighted by atomic mass is 10.1. The largest absolute Gasteiger partial charge is 0.488 e. The van der Waals surface area contributed by atoms with Crippen LogP contribution in [0.5, 0.6) is 5.75 Å². The topological polar surface area (TPSA) is 35.2 Å². The Balaban J connectivity index is 2.22. The number of halogens is 3. The van der Waals surface area contributed by atoms with E-state index in [2.05, 4.69) is 15.9 Å². The van der Waals surface area contributed by atoms with Crippen LogP contribution in [0.2, 0.25) is 10.0 Å². The first kappa shape index (κ1) is 15.6. The van der Waals surface area contributed by atoms with Gasteiger partial charge in [-0.05, 0) is 37.3 Å².